The molecule has 3 aromatic rings. The van der Waals surface area contributed by atoms with Crippen molar-refractivity contribution in [1.82, 2.24) is 10.2 Å². The molecule has 180 valence electrons. The molecule has 12 heteroatoms. The fourth-order valence-electron chi connectivity index (χ4n) is 4.05. The fourth-order valence-corrected chi connectivity index (χ4v) is 4.86. The predicted molar refractivity (Wildman–Crippen MR) is 127 cm³/mol. The Kier molecular flexibility index (Phi) is 5.81. The number of hydrogen-bond donors (Lipinski definition) is 0. The van der Waals surface area contributed by atoms with Crippen molar-refractivity contribution in [3.8, 4) is 11.5 Å². The number of anilines is 1. The Hall–Kier alpha value is -4.06. The van der Waals surface area contributed by atoms with Crippen LogP contribution in [0.2, 0.25) is 0 Å². The number of nitro groups is 1. The zero-order chi connectivity index (χ0) is 24.7. The molecule has 5 rings (SSSR count). The highest BCUT2D eigenvalue weighted by atomic mass is 32.1. The Balaban J connectivity index is 1.62. The summed E-state index contributed by atoms with van der Waals surface area (Å²) < 4.78 is 16.2. The van der Waals surface area contributed by atoms with Crippen LogP contribution in [0, 0.1) is 17.0 Å². The van der Waals surface area contributed by atoms with E-state index >= 15 is 0 Å². The number of carbonyl (C=O) groups is 1. The van der Waals surface area contributed by atoms with Crippen LogP contribution >= 0.6 is 11.3 Å². The molecule has 0 saturated heterocycles. The Morgan fingerprint density at radius 2 is 2.03 bits per heavy atom. The third-order valence-corrected chi connectivity index (χ3v) is 6.60. The first-order valence-corrected chi connectivity index (χ1v) is 11.6. The van der Waals surface area contributed by atoms with E-state index in [0.717, 1.165) is 16.7 Å². The molecule has 0 bridgehead atoms. The quantitative estimate of drug-likeness (QED) is 0.295. The molecule has 0 radical (unpaired) electrons. The molecule has 2 aliphatic heterocycles. The second kappa shape index (κ2) is 8.95. The molecule has 3 heterocycles. The summed E-state index contributed by atoms with van der Waals surface area (Å²) in [6.45, 7) is 5.25. The summed E-state index contributed by atoms with van der Waals surface area (Å²) in [7, 11) is 0. The average molecular weight is 496 g/mol. The van der Waals surface area contributed by atoms with Crippen LogP contribution in [-0.4, -0.2) is 39.6 Å². The van der Waals surface area contributed by atoms with Gasteiger partial charge in [-0.25, -0.2) is 5.01 Å². The molecular formula is C23H21N5O6S. The van der Waals surface area contributed by atoms with Gasteiger partial charge in [0.05, 0.1) is 16.7 Å². The van der Waals surface area contributed by atoms with Crippen molar-refractivity contribution >= 4 is 33.8 Å². The van der Waals surface area contributed by atoms with Crippen molar-refractivity contribution in [2.45, 2.75) is 39.8 Å². The molecular weight excluding hydrogens is 474 g/mol. The van der Waals surface area contributed by atoms with Gasteiger partial charge in [0.1, 0.15) is 6.61 Å². The van der Waals surface area contributed by atoms with Crippen molar-refractivity contribution in [1.29, 1.82) is 0 Å². The van der Waals surface area contributed by atoms with Gasteiger partial charge in [0.15, 0.2) is 16.5 Å². The number of ether oxygens (including phenoxy) is 3. The topological polar surface area (TPSA) is 129 Å². The van der Waals surface area contributed by atoms with E-state index in [-0.39, 0.29) is 25.1 Å². The van der Waals surface area contributed by atoms with Gasteiger partial charge in [0.2, 0.25) is 11.9 Å². The van der Waals surface area contributed by atoms with Crippen LogP contribution in [0.5, 0.6) is 11.5 Å². The number of fused-ring (bicyclic) bond motifs is 2. The van der Waals surface area contributed by atoms with Crippen LogP contribution in [0.15, 0.2) is 35.4 Å². The number of nitrogens with zero attached hydrogens (tertiary/aromatic N) is 5. The number of hydrazone groups is 1. The van der Waals surface area contributed by atoms with Gasteiger partial charge < -0.3 is 14.2 Å². The van der Waals surface area contributed by atoms with Gasteiger partial charge in [0.25, 0.3) is 5.69 Å². The first-order chi connectivity index (χ1) is 16.8. The highest BCUT2D eigenvalue weighted by molar-refractivity contribution is 7.15. The van der Waals surface area contributed by atoms with E-state index in [0.29, 0.717) is 39.3 Å². The summed E-state index contributed by atoms with van der Waals surface area (Å²) in [5.74, 6) is 0.894. The van der Waals surface area contributed by atoms with Crippen LogP contribution in [0.3, 0.4) is 0 Å². The van der Waals surface area contributed by atoms with E-state index in [9.17, 15) is 14.9 Å². The van der Waals surface area contributed by atoms with Gasteiger partial charge >= 0.3 is 5.97 Å². The number of aromatic nitrogens is 2. The Morgan fingerprint density at radius 3 is 2.74 bits per heavy atom. The lowest BCUT2D eigenvalue weighted by atomic mass is 9.93. The van der Waals surface area contributed by atoms with Crippen LogP contribution in [0.25, 0.3) is 0 Å². The zero-order valence-corrected chi connectivity index (χ0v) is 20.0. The van der Waals surface area contributed by atoms with E-state index in [1.54, 1.807) is 24.1 Å². The van der Waals surface area contributed by atoms with E-state index < -0.39 is 10.9 Å². The molecule has 2 aromatic carbocycles. The van der Waals surface area contributed by atoms with Gasteiger partial charge in [-0.3, -0.25) is 14.9 Å². The normalized spacial score (nSPS) is 16.4. The predicted octanol–water partition coefficient (Wildman–Crippen LogP) is 3.75. The minimum atomic E-state index is -0.402. The van der Waals surface area contributed by atoms with Gasteiger partial charge in [-0.15, -0.1) is 10.2 Å². The molecule has 2 aliphatic rings. The number of carbonyl (C=O) groups excluding carboxylic acids is 1. The second-order valence-corrected chi connectivity index (χ2v) is 9.27. The van der Waals surface area contributed by atoms with E-state index in [1.165, 1.54) is 24.3 Å². The largest absolute Gasteiger partial charge is 0.458 e. The number of esters is 1. The maximum absolute atomic E-state index is 11.4. The summed E-state index contributed by atoms with van der Waals surface area (Å²) >= 11 is 1.28. The molecule has 0 fully saturated rings. The lowest BCUT2D eigenvalue weighted by Gasteiger charge is -2.21. The second-order valence-electron chi connectivity index (χ2n) is 8.23. The Morgan fingerprint density at radius 1 is 1.26 bits per heavy atom. The minimum absolute atomic E-state index is 0.0367. The SMILES string of the molecule is CC(=O)OCc1nnc(N2N=C(c3ccc([N+](=O)[O-])c(C)c3)c3cc4c(cc3CC2C)OCO4)s1. The maximum Gasteiger partial charge on any atom is 0.303 e. The van der Waals surface area contributed by atoms with Crippen LogP contribution in [-0.2, 0) is 22.6 Å². The monoisotopic (exact) mass is 495 g/mol. The molecule has 0 aliphatic carbocycles. The summed E-state index contributed by atoms with van der Waals surface area (Å²) in [5, 5.41) is 27.6. The van der Waals surface area contributed by atoms with Crippen LogP contribution in [0.1, 0.15) is 41.1 Å². The van der Waals surface area contributed by atoms with Gasteiger partial charge in [-0.05, 0) is 50.1 Å². The molecule has 1 atom stereocenters. The van der Waals surface area contributed by atoms with Crippen molar-refractivity contribution < 1.29 is 23.9 Å². The van der Waals surface area contributed by atoms with Gasteiger partial charge in [-0.2, -0.15) is 5.10 Å². The number of rotatable bonds is 5. The Labute approximate surface area is 204 Å². The number of nitro benzene ring substituents is 1. The zero-order valence-electron chi connectivity index (χ0n) is 19.2. The summed E-state index contributed by atoms with van der Waals surface area (Å²) in [6, 6.07) is 8.69. The molecule has 35 heavy (non-hydrogen) atoms. The van der Waals surface area contributed by atoms with E-state index in [1.807, 2.05) is 19.1 Å². The number of aryl methyl sites for hydroxylation is 1. The molecule has 1 aromatic heterocycles. The van der Waals surface area contributed by atoms with Crippen molar-refractivity contribution in [2.24, 2.45) is 5.10 Å². The molecule has 0 spiro atoms. The molecule has 0 saturated carbocycles. The minimum Gasteiger partial charge on any atom is -0.458 e. The standard InChI is InChI=1S/C23H21N5O6S/c1-12-6-15(4-5-18(12)28(30)31)22-17-9-20-19(33-11-34-20)8-16(17)7-13(2)27(26-22)23-25-24-21(35-23)10-32-14(3)29/h4-6,8-9,13H,7,10-11H2,1-3H3. The summed E-state index contributed by atoms with van der Waals surface area (Å²) in [6.07, 6.45) is 0.629. The van der Waals surface area contributed by atoms with Crippen molar-refractivity contribution in [3.05, 3.63) is 67.7 Å². The maximum atomic E-state index is 11.4. The first kappa shape index (κ1) is 22.7. The highest BCUT2D eigenvalue weighted by Gasteiger charge is 2.29. The van der Waals surface area contributed by atoms with Crippen LogP contribution in [0.4, 0.5) is 10.8 Å². The van der Waals surface area contributed by atoms with Crippen molar-refractivity contribution in [3.63, 3.8) is 0 Å². The molecule has 0 amide bonds. The number of benzene rings is 2. The third kappa shape index (κ3) is 4.39. The van der Waals surface area contributed by atoms with Crippen molar-refractivity contribution in [2.75, 3.05) is 11.8 Å². The summed E-state index contributed by atoms with van der Waals surface area (Å²) in [5.41, 5.74) is 3.76. The third-order valence-electron chi connectivity index (χ3n) is 5.71. The molecule has 11 nitrogen and oxygen atoms in total. The lowest BCUT2D eigenvalue weighted by molar-refractivity contribution is -0.385. The van der Waals surface area contributed by atoms with E-state index in [4.69, 9.17) is 19.3 Å². The number of hydrogen-bond acceptors (Lipinski definition) is 11. The molecule has 0 N–H and O–H groups in total. The van der Waals surface area contributed by atoms with Gasteiger partial charge in [-0.1, -0.05) is 11.3 Å². The van der Waals surface area contributed by atoms with Crippen LogP contribution < -0.4 is 14.5 Å². The summed E-state index contributed by atoms with van der Waals surface area (Å²) in [4.78, 5) is 22.1. The highest BCUT2D eigenvalue weighted by Crippen LogP contribution is 2.39. The fraction of sp³-hybridized carbons (Fsp3) is 0.304. The molecule has 1 unspecified atom stereocenters. The average Bonchev–Trinajstić information content (AvgIpc) is 3.44. The van der Waals surface area contributed by atoms with Gasteiger partial charge in [0, 0.05) is 29.7 Å². The van der Waals surface area contributed by atoms with E-state index in [2.05, 4.69) is 10.2 Å². The first-order valence-electron chi connectivity index (χ1n) is 10.8. The lowest BCUT2D eigenvalue weighted by Crippen LogP contribution is -2.29. The smallest absolute Gasteiger partial charge is 0.303 e. The Bertz CT molecular complexity index is 1370.